The molecular formula is C8H8Cl2N5O2+. The van der Waals surface area contributed by atoms with Crippen molar-refractivity contribution in [2.75, 3.05) is 0 Å². The minimum atomic E-state index is -0.594. The molecular weight excluding hydrogens is 269 g/mol. The second kappa shape index (κ2) is 6.02. The average molecular weight is 277 g/mol. The van der Waals surface area contributed by atoms with Gasteiger partial charge in [0.15, 0.2) is 0 Å². The molecule has 9 heteroatoms. The Morgan fingerprint density at radius 2 is 2.24 bits per heavy atom. The van der Waals surface area contributed by atoms with E-state index < -0.39 is 5.03 Å². The normalized spacial score (nSPS) is 11.8. The van der Waals surface area contributed by atoms with Gasteiger partial charge in [-0.15, -0.1) is 5.10 Å². The van der Waals surface area contributed by atoms with Crippen LogP contribution in [0.4, 0.5) is 0 Å². The van der Waals surface area contributed by atoms with Gasteiger partial charge in [-0.2, -0.15) is 5.10 Å². The minimum Gasteiger partial charge on any atom is -0.364 e. The molecule has 1 aromatic carbocycles. The van der Waals surface area contributed by atoms with Crippen LogP contribution in [0.2, 0.25) is 10.0 Å². The first-order chi connectivity index (χ1) is 7.99. The number of hydrogen-bond acceptors (Lipinski definition) is 3. The van der Waals surface area contributed by atoms with Crippen molar-refractivity contribution in [2.45, 2.75) is 0 Å². The van der Waals surface area contributed by atoms with Crippen molar-refractivity contribution in [2.24, 2.45) is 15.9 Å². The zero-order valence-corrected chi connectivity index (χ0v) is 9.85. The number of guanidine groups is 1. The van der Waals surface area contributed by atoms with E-state index in [4.69, 9.17) is 34.1 Å². The van der Waals surface area contributed by atoms with Crippen LogP contribution >= 0.6 is 23.2 Å². The summed E-state index contributed by atoms with van der Waals surface area (Å²) >= 11 is 11.6. The molecule has 0 aromatic heterocycles. The van der Waals surface area contributed by atoms with Gasteiger partial charge in [-0.3, -0.25) is 0 Å². The van der Waals surface area contributed by atoms with Crippen LogP contribution in [0.15, 0.2) is 28.4 Å². The van der Waals surface area contributed by atoms with Crippen LogP contribution in [0.1, 0.15) is 5.56 Å². The summed E-state index contributed by atoms with van der Waals surface area (Å²) in [4.78, 5) is 10.1. The van der Waals surface area contributed by atoms with Crippen molar-refractivity contribution < 1.29 is 10.2 Å². The molecule has 90 valence electrons. The molecule has 0 atom stereocenters. The number of nitrogens with one attached hydrogen (secondary N) is 1. The first kappa shape index (κ1) is 13.2. The van der Waals surface area contributed by atoms with Crippen LogP contribution in [0.5, 0.6) is 0 Å². The Balaban J connectivity index is 2.74. The van der Waals surface area contributed by atoms with Gasteiger partial charge < -0.3 is 5.73 Å². The molecule has 0 radical (unpaired) electrons. The Kier molecular flexibility index (Phi) is 4.68. The van der Waals surface area contributed by atoms with Gasteiger partial charge in [0.2, 0.25) is 0 Å². The Morgan fingerprint density at radius 1 is 1.53 bits per heavy atom. The van der Waals surface area contributed by atoms with Crippen molar-refractivity contribution in [1.29, 1.82) is 0 Å². The summed E-state index contributed by atoms with van der Waals surface area (Å²) < 4.78 is 0. The van der Waals surface area contributed by atoms with Gasteiger partial charge in [-0.25, -0.2) is 5.21 Å². The van der Waals surface area contributed by atoms with E-state index in [1.807, 2.05) is 0 Å². The fourth-order valence-electron chi connectivity index (χ4n) is 0.880. The molecule has 0 bridgehead atoms. The molecule has 0 saturated carbocycles. The molecule has 0 saturated heterocycles. The molecule has 17 heavy (non-hydrogen) atoms. The smallest absolute Gasteiger partial charge is 0.362 e. The van der Waals surface area contributed by atoms with Gasteiger partial charge in [0, 0.05) is 10.6 Å². The number of halogens is 2. The zero-order chi connectivity index (χ0) is 12.8. The molecule has 0 fully saturated rings. The Hall–Kier alpha value is -1.86. The summed E-state index contributed by atoms with van der Waals surface area (Å²) in [6.45, 7) is 0. The number of nitrogens with zero attached hydrogens (tertiary/aromatic N) is 3. The predicted octanol–water partition coefficient (Wildman–Crippen LogP) is 1.31. The first-order valence-electron chi connectivity index (χ1n) is 4.23. The van der Waals surface area contributed by atoms with Crippen LogP contribution in [-0.2, 0) is 0 Å². The van der Waals surface area contributed by atoms with Crippen molar-refractivity contribution in [3.63, 3.8) is 0 Å². The number of hydrogen-bond donors (Lipinski definition) is 3. The molecule has 1 rings (SSSR count). The lowest BCUT2D eigenvalue weighted by molar-refractivity contribution is -0.822. The van der Waals surface area contributed by atoms with Crippen LogP contribution in [0.25, 0.3) is 0 Å². The summed E-state index contributed by atoms with van der Waals surface area (Å²) in [6, 6.07) is 4.81. The van der Waals surface area contributed by atoms with E-state index in [1.54, 1.807) is 23.6 Å². The summed E-state index contributed by atoms with van der Waals surface area (Å²) in [7, 11) is 0. The lowest BCUT2D eigenvalue weighted by Crippen LogP contribution is -2.36. The monoisotopic (exact) mass is 276 g/mol. The van der Waals surface area contributed by atoms with E-state index in [9.17, 15) is 4.91 Å². The molecule has 0 amide bonds. The number of rotatable bonds is 3. The second-order valence-corrected chi connectivity index (χ2v) is 3.62. The van der Waals surface area contributed by atoms with Crippen LogP contribution < -0.4 is 11.2 Å². The highest BCUT2D eigenvalue weighted by atomic mass is 35.5. The van der Waals surface area contributed by atoms with Crippen molar-refractivity contribution in [3.8, 4) is 0 Å². The highest BCUT2D eigenvalue weighted by Crippen LogP contribution is 2.19. The fourth-order valence-corrected chi connectivity index (χ4v) is 1.34. The Morgan fingerprint density at radius 3 is 2.82 bits per heavy atom. The molecule has 7 nitrogen and oxygen atoms in total. The number of nitrogens with two attached hydrogens (primary N) is 1. The van der Waals surface area contributed by atoms with Crippen molar-refractivity contribution in [3.05, 3.63) is 38.7 Å². The quantitative estimate of drug-likeness (QED) is 0.440. The van der Waals surface area contributed by atoms with Crippen molar-refractivity contribution >= 4 is 35.4 Å². The van der Waals surface area contributed by atoms with E-state index in [0.29, 0.717) is 15.6 Å². The third kappa shape index (κ3) is 4.66. The standard InChI is InChI=1S/C8H8Cl2N5O2/c9-6-2-1-5(7(10)3-6)4-12-13-8(11)14-15(16)17/h1-4H,(H,16,17)(H3,11,13,14)/q+1/b12-4+. The lowest BCUT2D eigenvalue weighted by Gasteiger charge is -1.96. The third-order valence-electron chi connectivity index (χ3n) is 1.53. The van der Waals surface area contributed by atoms with E-state index in [2.05, 4.69) is 10.2 Å². The minimum absolute atomic E-state index is 0.371. The summed E-state index contributed by atoms with van der Waals surface area (Å²) in [5.74, 6) is -0.371. The van der Waals surface area contributed by atoms with Gasteiger partial charge in [-0.05, 0) is 17.6 Å². The van der Waals surface area contributed by atoms with Crippen LogP contribution in [-0.4, -0.2) is 22.4 Å². The van der Waals surface area contributed by atoms with E-state index in [-0.39, 0.29) is 5.96 Å². The average Bonchev–Trinajstić information content (AvgIpc) is 2.20. The topological polar surface area (TPSA) is 103 Å². The van der Waals surface area contributed by atoms with Gasteiger partial charge in [0.05, 0.1) is 11.2 Å². The summed E-state index contributed by atoms with van der Waals surface area (Å²) in [6.07, 6.45) is 1.32. The molecule has 0 aliphatic carbocycles. The summed E-state index contributed by atoms with van der Waals surface area (Å²) in [5, 5.41) is 15.5. The van der Waals surface area contributed by atoms with Crippen molar-refractivity contribution in [1.82, 2.24) is 5.43 Å². The van der Waals surface area contributed by atoms with Gasteiger partial charge in [-0.1, -0.05) is 29.3 Å². The van der Waals surface area contributed by atoms with Crippen LogP contribution in [0, 0.1) is 4.91 Å². The van der Waals surface area contributed by atoms with E-state index in [1.165, 1.54) is 6.21 Å². The zero-order valence-electron chi connectivity index (χ0n) is 8.34. The summed E-state index contributed by atoms with van der Waals surface area (Å²) in [5.41, 5.74) is 7.50. The molecule has 0 spiro atoms. The molecule has 4 N–H and O–H groups in total. The first-order valence-corrected chi connectivity index (χ1v) is 4.99. The highest BCUT2D eigenvalue weighted by Gasteiger charge is 2.03. The highest BCUT2D eigenvalue weighted by molar-refractivity contribution is 6.36. The maximum atomic E-state index is 10.1. The molecule has 0 aliphatic heterocycles. The third-order valence-corrected chi connectivity index (χ3v) is 2.10. The maximum Gasteiger partial charge on any atom is 0.362 e. The van der Waals surface area contributed by atoms with E-state index in [0.717, 1.165) is 0 Å². The molecule has 1 aromatic rings. The van der Waals surface area contributed by atoms with Crippen LogP contribution in [0.3, 0.4) is 0 Å². The van der Waals surface area contributed by atoms with Gasteiger partial charge >= 0.3 is 5.03 Å². The molecule has 0 aliphatic rings. The molecule has 0 unspecified atom stereocenters. The van der Waals surface area contributed by atoms with E-state index >= 15 is 0 Å². The Labute approximate surface area is 106 Å². The lowest BCUT2D eigenvalue weighted by atomic mass is 10.2. The fraction of sp³-hybridized carbons (Fsp3) is 0. The predicted molar refractivity (Wildman–Crippen MR) is 64.2 cm³/mol. The number of benzene rings is 1. The van der Waals surface area contributed by atoms with Gasteiger partial charge in [0.25, 0.3) is 5.96 Å². The maximum absolute atomic E-state index is 10.1. The largest absolute Gasteiger partial charge is 0.364 e. The SMILES string of the molecule is N/C(=N\N=C\c1ccc(Cl)cc1Cl)N[N+](=O)O. The number of hydrazine groups is 1. The Bertz CT molecular complexity index is 489. The van der Waals surface area contributed by atoms with Gasteiger partial charge in [0.1, 0.15) is 4.91 Å². The second-order valence-electron chi connectivity index (χ2n) is 2.78. The molecule has 0 heterocycles.